The zero-order valence-corrected chi connectivity index (χ0v) is 13.0. The van der Waals surface area contributed by atoms with Crippen molar-refractivity contribution in [2.45, 2.75) is 33.7 Å². The number of nitrogens with one attached hydrogen (secondary N) is 1. The highest BCUT2D eigenvalue weighted by Crippen LogP contribution is 2.28. The zero-order chi connectivity index (χ0) is 15.7. The van der Waals surface area contributed by atoms with Crippen molar-refractivity contribution in [2.24, 2.45) is 7.05 Å². The average Bonchev–Trinajstić information content (AvgIpc) is 2.65. The average molecular weight is 288 g/mol. The highest BCUT2D eigenvalue weighted by Gasteiger charge is 2.17. The van der Waals surface area contributed by atoms with Crippen LogP contribution in [0.1, 0.15) is 35.5 Å². The molecule has 1 unspecified atom stereocenters. The van der Waals surface area contributed by atoms with Crippen molar-refractivity contribution in [1.29, 1.82) is 0 Å². The highest BCUT2D eigenvalue weighted by atomic mass is 16.6. The summed E-state index contributed by atoms with van der Waals surface area (Å²) in [5.41, 5.74) is 5.04. The molecule has 0 bridgehead atoms. The van der Waals surface area contributed by atoms with Gasteiger partial charge in [0.2, 0.25) is 0 Å². The van der Waals surface area contributed by atoms with E-state index in [1.165, 1.54) is 6.07 Å². The van der Waals surface area contributed by atoms with E-state index in [1.807, 2.05) is 39.4 Å². The number of nitrogens with zero attached hydrogens (tertiary/aromatic N) is 3. The summed E-state index contributed by atoms with van der Waals surface area (Å²) < 4.78 is 1.85. The zero-order valence-electron chi connectivity index (χ0n) is 13.0. The number of aryl methyl sites for hydroxylation is 3. The van der Waals surface area contributed by atoms with E-state index in [1.54, 1.807) is 12.1 Å². The second kappa shape index (κ2) is 5.55. The summed E-state index contributed by atoms with van der Waals surface area (Å²) in [7, 11) is 1.91. The second-order valence-electron chi connectivity index (χ2n) is 5.33. The Labute approximate surface area is 123 Å². The van der Waals surface area contributed by atoms with Gasteiger partial charge in [-0.2, -0.15) is 5.10 Å². The van der Waals surface area contributed by atoms with Crippen LogP contribution in [0.5, 0.6) is 0 Å². The fourth-order valence-electron chi connectivity index (χ4n) is 2.60. The van der Waals surface area contributed by atoms with Crippen LogP contribution in [0.4, 0.5) is 11.4 Å². The van der Waals surface area contributed by atoms with E-state index in [2.05, 4.69) is 10.4 Å². The normalized spacial score (nSPS) is 12.2. The highest BCUT2D eigenvalue weighted by molar-refractivity contribution is 5.58. The van der Waals surface area contributed by atoms with Gasteiger partial charge in [0.15, 0.2) is 0 Å². The molecule has 1 heterocycles. The Morgan fingerprint density at radius 2 is 2.00 bits per heavy atom. The van der Waals surface area contributed by atoms with Gasteiger partial charge in [0, 0.05) is 36.1 Å². The third-order valence-electron chi connectivity index (χ3n) is 3.80. The molecular weight excluding hydrogens is 268 g/mol. The first-order valence-corrected chi connectivity index (χ1v) is 6.83. The molecule has 0 saturated heterocycles. The van der Waals surface area contributed by atoms with Crippen LogP contribution in [0.25, 0.3) is 0 Å². The second-order valence-corrected chi connectivity index (χ2v) is 5.33. The van der Waals surface area contributed by atoms with E-state index >= 15 is 0 Å². The molecule has 0 saturated carbocycles. The van der Waals surface area contributed by atoms with Gasteiger partial charge in [-0.05, 0) is 33.3 Å². The largest absolute Gasteiger partial charge is 0.378 e. The summed E-state index contributed by atoms with van der Waals surface area (Å²) in [5.74, 6) is 0. The molecule has 0 amide bonds. The SMILES string of the molecule is Cc1ccc([N+](=O)[O-])cc1NC(C)c1c(C)nn(C)c1C. The summed E-state index contributed by atoms with van der Waals surface area (Å²) >= 11 is 0. The minimum Gasteiger partial charge on any atom is -0.378 e. The lowest BCUT2D eigenvalue weighted by Gasteiger charge is -2.17. The predicted molar refractivity (Wildman–Crippen MR) is 82.6 cm³/mol. The predicted octanol–water partition coefficient (Wildman–Crippen LogP) is 3.43. The minimum atomic E-state index is -0.379. The Hall–Kier alpha value is -2.37. The molecule has 0 radical (unpaired) electrons. The Balaban J connectivity index is 2.33. The lowest BCUT2D eigenvalue weighted by Crippen LogP contribution is -2.10. The molecule has 6 nitrogen and oxygen atoms in total. The van der Waals surface area contributed by atoms with E-state index < -0.39 is 0 Å². The first-order valence-electron chi connectivity index (χ1n) is 6.83. The maximum Gasteiger partial charge on any atom is 0.271 e. The van der Waals surface area contributed by atoms with Crippen LogP contribution >= 0.6 is 0 Å². The molecule has 2 aromatic rings. The molecule has 0 aliphatic carbocycles. The molecule has 1 atom stereocenters. The monoisotopic (exact) mass is 288 g/mol. The Morgan fingerprint density at radius 1 is 1.33 bits per heavy atom. The van der Waals surface area contributed by atoms with Crippen LogP contribution in [0.3, 0.4) is 0 Å². The van der Waals surface area contributed by atoms with E-state index in [9.17, 15) is 10.1 Å². The van der Waals surface area contributed by atoms with Crippen molar-refractivity contribution in [2.75, 3.05) is 5.32 Å². The molecule has 0 aliphatic rings. The molecule has 1 aromatic heterocycles. The smallest absolute Gasteiger partial charge is 0.271 e. The first kappa shape index (κ1) is 15.0. The molecule has 21 heavy (non-hydrogen) atoms. The summed E-state index contributed by atoms with van der Waals surface area (Å²) in [5, 5.41) is 18.7. The third kappa shape index (κ3) is 2.89. The quantitative estimate of drug-likeness (QED) is 0.691. The number of hydrogen-bond donors (Lipinski definition) is 1. The molecule has 1 aromatic carbocycles. The molecule has 2 rings (SSSR count). The van der Waals surface area contributed by atoms with Crippen LogP contribution in [0.15, 0.2) is 18.2 Å². The summed E-state index contributed by atoms with van der Waals surface area (Å²) in [6.07, 6.45) is 0. The number of anilines is 1. The van der Waals surface area contributed by atoms with Crippen molar-refractivity contribution in [3.63, 3.8) is 0 Å². The fraction of sp³-hybridized carbons (Fsp3) is 0.400. The van der Waals surface area contributed by atoms with Gasteiger partial charge in [-0.1, -0.05) is 6.07 Å². The summed E-state index contributed by atoms with van der Waals surface area (Å²) in [6.45, 7) is 7.96. The van der Waals surface area contributed by atoms with E-state index in [0.717, 1.165) is 28.2 Å². The number of nitro benzene ring substituents is 1. The molecule has 6 heteroatoms. The van der Waals surface area contributed by atoms with Crippen molar-refractivity contribution in [3.05, 3.63) is 50.8 Å². The third-order valence-corrected chi connectivity index (χ3v) is 3.80. The van der Waals surface area contributed by atoms with Crippen LogP contribution in [-0.4, -0.2) is 14.7 Å². The van der Waals surface area contributed by atoms with Gasteiger partial charge in [0.1, 0.15) is 0 Å². The molecular formula is C15H20N4O2. The number of non-ortho nitro benzene ring substituents is 1. The van der Waals surface area contributed by atoms with Gasteiger partial charge in [-0.25, -0.2) is 0 Å². The van der Waals surface area contributed by atoms with Crippen LogP contribution in [0.2, 0.25) is 0 Å². The number of benzene rings is 1. The van der Waals surface area contributed by atoms with Crippen molar-refractivity contribution in [3.8, 4) is 0 Å². The molecule has 1 N–H and O–H groups in total. The maximum atomic E-state index is 10.9. The van der Waals surface area contributed by atoms with Gasteiger partial charge in [0.25, 0.3) is 5.69 Å². The topological polar surface area (TPSA) is 73.0 Å². The standard InChI is InChI=1S/C15H20N4O2/c1-9-6-7-13(19(20)21)8-14(9)16-10(2)15-11(3)17-18(5)12(15)4/h6-8,10,16H,1-5H3. The summed E-state index contributed by atoms with van der Waals surface area (Å²) in [6, 6.07) is 4.88. The molecule has 0 fully saturated rings. The fourth-order valence-corrected chi connectivity index (χ4v) is 2.60. The minimum absolute atomic E-state index is 0.0272. The van der Waals surface area contributed by atoms with Gasteiger partial charge in [0.05, 0.1) is 16.7 Å². The lowest BCUT2D eigenvalue weighted by atomic mass is 10.1. The van der Waals surface area contributed by atoms with Crippen LogP contribution < -0.4 is 5.32 Å². The molecule has 112 valence electrons. The van der Waals surface area contributed by atoms with Crippen molar-refractivity contribution < 1.29 is 4.92 Å². The Kier molecular flexibility index (Phi) is 3.97. The lowest BCUT2D eigenvalue weighted by molar-refractivity contribution is -0.384. The van der Waals surface area contributed by atoms with Crippen LogP contribution in [0, 0.1) is 30.9 Å². The van der Waals surface area contributed by atoms with Gasteiger partial charge >= 0.3 is 0 Å². The number of rotatable bonds is 4. The number of nitro groups is 1. The van der Waals surface area contributed by atoms with E-state index in [0.29, 0.717) is 0 Å². The van der Waals surface area contributed by atoms with Gasteiger partial charge < -0.3 is 5.32 Å². The van der Waals surface area contributed by atoms with Gasteiger partial charge in [-0.15, -0.1) is 0 Å². The Morgan fingerprint density at radius 3 is 2.52 bits per heavy atom. The Bertz CT molecular complexity index is 691. The molecule has 0 spiro atoms. The maximum absolute atomic E-state index is 10.9. The molecule has 0 aliphatic heterocycles. The van der Waals surface area contributed by atoms with E-state index in [4.69, 9.17) is 0 Å². The summed E-state index contributed by atoms with van der Waals surface area (Å²) in [4.78, 5) is 10.5. The van der Waals surface area contributed by atoms with Crippen molar-refractivity contribution in [1.82, 2.24) is 9.78 Å². The number of hydrogen-bond acceptors (Lipinski definition) is 4. The first-order chi connectivity index (χ1) is 9.81. The van der Waals surface area contributed by atoms with E-state index in [-0.39, 0.29) is 16.7 Å². The van der Waals surface area contributed by atoms with Crippen LogP contribution in [-0.2, 0) is 7.05 Å². The van der Waals surface area contributed by atoms with Crippen molar-refractivity contribution >= 4 is 11.4 Å². The number of aromatic nitrogens is 2. The van der Waals surface area contributed by atoms with Gasteiger partial charge in [-0.3, -0.25) is 14.8 Å².